The number of nitrogens with zero attached hydrogens (tertiary/aromatic N) is 1. The minimum atomic E-state index is -0.766. The lowest BCUT2D eigenvalue weighted by Crippen LogP contribution is -2.58. The van der Waals surface area contributed by atoms with Gasteiger partial charge in [0.1, 0.15) is 0 Å². The first-order valence-electron chi connectivity index (χ1n) is 7.57. The number of rotatable bonds is 4. The Labute approximate surface area is 120 Å². The zero-order valence-corrected chi connectivity index (χ0v) is 12.7. The number of amides is 1. The lowest BCUT2D eigenvalue weighted by molar-refractivity contribution is -0.157. The highest BCUT2D eigenvalue weighted by Gasteiger charge is 2.45. The molecule has 0 aromatic carbocycles. The maximum Gasteiger partial charge on any atom is 0.306 e. The Morgan fingerprint density at radius 2 is 2.00 bits per heavy atom. The second-order valence-corrected chi connectivity index (χ2v) is 6.86. The highest BCUT2D eigenvalue weighted by atomic mass is 16.4. The van der Waals surface area contributed by atoms with Crippen molar-refractivity contribution in [2.24, 2.45) is 23.2 Å². The predicted molar refractivity (Wildman–Crippen MR) is 76.2 cm³/mol. The third-order valence-corrected chi connectivity index (χ3v) is 5.16. The molecular formula is C15H26N2O3. The van der Waals surface area contributed by atoms with Crippen molar-refractivity contribution in [3.8, 4) is 0 Å². The summed E-state index contributed by atoms with van der Waals surface area (Å²) in [6.07, 6.45) is 2.22. The molecule has 2 saturated heterocycles. The highest BCUT2D eigenvalue weighted by molar-refractivity contribution is 5.83. The molecule has 5 nitrogen and oxygen atoms in total. The molecule has 0 spiro atoms. The zero-order chi connectivity index (χ0) is 14.9. The standard InChI is InChI=1S/C15H26N2O3/c1-10(13(18)19)11-8-17(9-11)14(20)15(2,3)12-5-4-6-16-7-12/h10-12,16H,4-9H2,1-3H3,(H,18,19). The van der Waals surface area contributed by atoms with E-state index in [1.807, 2.05) is 18.7 Å². The van der Waals surface area contributed by atoms with Gasteiger partial charge in [-0.3, -0.25) is 9.59 Å². The maximum absolute atomic E-state index is 12.6. The molecule has 2 aliphatic heterocycles. The Morgan fingerprint density at radius 3 is 2.50 bits per heavy atom. The molecule has 114 valence electrons. The lowest BCUT2D eigenvalue weighted by atomic mass is 9.72. The first-order valence-corrected chi connectivity index (χ1v) is 7.57. The van der Waals surface area contributed by atoms with Crippen LogP contribution in [0.15, 0.2) is 0 Å². The number of hydrogen-bond acceptors (Lipinski definition) is 3. The fraction of sp³-hybridized carbons (Fsp3) is 0.867. The molecule has 0 aliphatic carbocycles. The van der Waals surface area contributed by atoms with Gasteiger partial charge in [0.2, 0.25) is 5.91 Å². The van der Waals surface area contributed by atoms with E-state index in [4.69, 9.17) is 5.11 Å². The molecule has 2 heterocycles. The van der Waals surface area contributed by atoms with E-state index in [1.54, 1.807) is 6.92 Å². The Morgan fingerprint density at radius 1 is 1.35 bits per heavy atom. The van der Waals surface area contributed by atoms with Gasteiger partial charge < -0.3 is 15.3 Å². The van der Waals surface area contributed by atoms with Crippen molar-refractivity contribution >= 4 is 11.9 Å². The summed E-state index contributed by atoms with van der Waals surface area (Å²) in [6, 6.07) is 0. The number of carbonyl (C=O) groups is 2. The molecule has 2 unspecified atom stereocenters. The molecule has 2 fully saturated rings. The van der Waals surface area contributed by atoms with Crippen LogP contribution in [0.4, 0.5) is 0 Å². The van der Waals surface area contributed by atoms with E-state index in [1.165, 1.54) is 0 Å². The monoisotopic (exact) mass is 282 g/mol. The van der Waals surface area contributed by atoms with Crippen LogP contribution in [-0.4, -0.2) is 48.1 Å². The molecule has 1 amide bonds. The zero-order valence-electron chi connectivity index (χ0n) is 12.7. The number of aliphatic carboxylic acids is 1. The van der Waals surface area contributed by atoms with E-state index < -0.39 is 5.97 Å². The summed E-state index contributed by atoms with van der Waals surface area (Å²) in [5, 5.41) is 12.4. The van der Waals surface area contributed by atoms with E-state index in [0.717, 1.165) is 25.9 Å². The molecule has 0 saturated carbocycles. The molecular weight excluding hydrogens is 256 g/mol. The summed E-state index contributed by atoms with van der Waals surface area (Å²) in [5.74, 6) is -0.465. The number of carbonyl (C=O) groups excluding carboxylic acids is 1. The van der Waals surface area contributed by atoms with Crippen LogP contribution >= 0.6 is 0 Å². The van der Waals surface area contributed by atoms with Crippen molar-refractivity contribution in [3.63, 3.8) is 0 Å². The molecule has 0 radical (unpaired) electrons. The molecule has 2 rings (SSSR count). The summed E-state index contributed by atoms with van der Waals surface area (Å²) >= 11 is 0. The molecule has 5 heteroatoms. The summed E-state index contributed by atoms with van der Waals surface area (Å²) in [6.45, 7) is 8.92. The van der Waals surface area contributed by atoms with Crippen molar-refractivity contribution < 1.29 is 14.7 Å². The number of carboxylic acid groups (broad SMARTS) is 1. The summed E-state index contributed by atoms with van der Waals surface area (Å²) in [5.41, 5.74) is -0.356. The first-order chi connectivity index (χ1) is 9.34. The van der Waals surface area contributed by atoms with E-state index in [9.17, 15) is 9.59 Å². The maximum atomic E-state index is 12.6. The second kappa shape index (κ2) is 5.72. The Balaban J connectivity index is 1.90. The largest absolute Gasteiger partial charge is 0.481 e. The number of likely N-dealkylation sites (tertiary alicyclic amines) is 1. The smallest absolute Gasteiger partial charge is 0.306 e. The van der Waals surface area contributed by atoms with Crippen LogP contribution in [0.2, 0.25) is 0 Å². The normalized spacial score (nSPS) is 25.9. The summed E-state index contributed by atoms with van der Waals surface area (Å²) in [4.78, 5) is 25.4. The molecule has 2 aliphatic rings. The fourth-order valence-corrected chi connectivity index (χ4v) is 3.25. The quantitative estimate of drug-likeness (QED) is 0.812. The molecule has 0 aromatic heterocycles. The van der Waals surface area contributed by atoms with Gasteiger partial charge in [0.05, 0.1) is 5.92 Å². The molecule has 2 N–H and O–H groups in total. The van der Waals surface area contributed by atoms with Crippen LogP contribution in [0, 0.1) is 23.2 Å². The minimum Gasteiger partial charge on any atom is -0.481 e. The van der Waals surface area contributed by atoms with Crippen LogP contribution in [0.1, 0.15) is 33.6 Å². The van der Waals surface area contributed by atoms with Crippen LogP contribution in [0.5, 0.6) is 0 Å². The summed E-state index contributed by atoms with van der Waals surface area (Å²) in [7, 11) is 0. The van der Waals surface area contributed by atoms with E-state index in [-0.39, 0.29) is 23.2 Å². The van der Waals surface area contributed by atoms with Crippen molar-refractivity contribution in [1.82, 2.24) is 10.2 Å². The minimum absolute atomic E-state index is 0.108. The molecule has 2 atom stereocenters. The van der Waals surface area contributed by atoms with Gasteiger partial charge >= 0.3 is 5.97 Å². The number of piperidine rings is 1. The van der Waals surface area contributed by atoms with Crippen molar-refractivity contribution in [3.05, 3.63) is 0 Å². The third kappa shape index (κ3) is 2.82. The van der Waals surface area contributed by atoms with Gasteiger partial charge in [-0.05, 0) is 31.8 Å². The van der Waals surface area contributed by atoms with Gasteiger partial charge in [-0.25, -0.2) is 0 Å². The third-order valence-electron chi connectivity index (χ3n) is 5.16. The predicted octanol–water partition coefficient (Wildman–Crippen LogP) is 1.19. The van der Waals surface area contributed by atoms with Crippen molar-refractivity contribution in [2.45, 2.75) is 33.6 Å². The first kappa shape index (κ1) is 15.3. The van der Waals surface area contributed by atoms with E-state index in [2.05, 4.69) is 5.32 Å². The van der Waals surface area contributed by atoms with E-state index in [0.29, 0.717) is 19.0 Å². The van der Waals surface area contributed by atoms with Crippen molar-refractivity contribution in [1.29, 1.82) is 0 Å². The summed E-state index contributed by atoms with van der Waals surface area (Å²) < 4.78 is 0. The Hall–Kier alpha value is -1.10. The van der Waals surface area contributed by atoms with Gasteiger partial charge in [-0.15, -0.1) is 0 Å². The van der Waals surface area contributed by atoms with Gasteiger partial charge in [0.25, 0.3) is 0 Å². The topological polar surface area (TPSA) is 69.6 Å². The van der Waals surface area contributed by atoms with E-state index >= 15 is 0 Å². The van der Waals surface area contributed by atoms with Crippen molar-refractivity contribution in [2.75, 3.05) is 26.2 Å². The average molecular weight is 282 g/mol. The SMILES string of the molecule is CC(C(=O)O)C1CN(C(=O)C(C)(C)C2CCCNC2)C1. The number of carboxylic acids is 1. The lowest BCUT2D eigenvalue weighted by Gasteiger charge is -2.47. The number of hydrogen-bond donors (Lipinski definition) is 2. The Kier molecular flexibility index (Phi) is 4.37. The van der Waals surface area contributed by atoms with Gasteiger partial charge in [0.15, 0.2) is 0 Å². The van der Waals surface area contributed by atoms with Crippen LogP contribution < -0.4 is 5.32 Å². The molecule has 0 aromatic rings. The van der Waals surface area contributed by atoms with Crippen LogP contribution in [0.25, 0.3) is 0 Å². The number of nitrogens with one attached hydrogen (secondary N) is 1. The second-order valence-electron chi connectivity index (χ2n) is 6.86. The fourth-order valence-electron chi connectivity index (χ4n) is 3.25. The van der Waals surface area contributed by atoms with Gasteiger partial charge in [-0.1, -0.05) is 20.8 Å². The van der Waals surface area contributed by atoms with Gasteiger partial charge in [0, 0.05) is 24.4 Å². The van der Waals surface area contributed by atoms with Crippen LogP contribution in [-0.2, 0) is 9.59 Å². The molecule has 0 bridgehead atoms. The highest BCUT2D eigenvalue weighted by Crippen LogP contribution is 2.36. The average Bonchev–Trinajstić information content (AvgIpc) is 2.37. The van der Waals surface area contributed by atoms with Crippen LogP contribution in [0.3, 0.4) is 0 Å². The van der Waals surface area contributed by atoms with Gasteiger partial charge in [-0.2, -0.15) is 0 Å². The Bertz CT molecular complexity index is 383. The molecule has 20 heavy (non-hydrogen) atoms.